The van der Waals surface area contributed by atoms with E-state index in [9.17, 15) is 13.2 Å². The van der Waals surface area contributed by atoms with Crippen LogP contribution in [0.25, 0.3) is 0 Å². The Morgan fingerprint density at radius 3 is 2.63 bits per heavy atom. The van der Waals surface area contributed by atoms with Gasteiger partial charge in [-0.2, -0.15) is 13.2 Å². The largest absolute Gasteiger partial charge is 0.490 e. The van der Waals surface area contributed by atoms with Crippen LogP contribution in [0.3, 0.4) is 0 Å². The van der Waals surface area contributed by atoms with Crippen LogP contribution in [0.2, 0.25) is 0 Å². The fourth-order valence-corrected chi connectivity index (χ4v) is 2.50. The summed E-state index contributed by atoms with van der Waals surface area (Å²) in [5.74, 6) is -0.0586. The van der Waals surface area contributed by atoms with Crippen LogP contribution in [0.5, 0.6) is 5.75 Å². The number of hydrogen-bond acceptors (Lipinski definition) is 2. The topological polar surface area (TPSA) is 21.3 Å². The first-order valence-corrected chi connectivity index (χ1v) is 6.51. The summed E-state index contributed by atoms with van der Waals surface area (Å²) < 4.78 is 44.1. The van der Waals surface area contributed by atoms with Gasteiger partial charge in [-0.3, -0.25) is 0 Å². The second-order valence-electron chi connectivity index (χ2n) is 4.89. The lowest BCUT2D eigenvalue weighted by Gasteiger charge is -2.30. The van der Waals surface area contributed by atoms with Crippen molar-refractivity contribution >= 4 is 0 Å². The summed E-state index contributed by atoms with van der Waals surface area (Å²) in [6.07, 6.45) is -0.919. The molecule has 2 atom stereocenters. The van der Waals surface area contributed by atoms with E-state index in [4.69, 9.17) is 4.74 Å². The number of alkyl halides is 3. The van der Waals surface area contributed by atoms with Crippen molar-refractivity contribution in [1.29, 1.82) is 0 Å². The lowest BCUT2D eigenvalue weighted by molar-refractivity contribution is -0.139. The van der Waals surface area contributed by atoms with E-state index < -0.39 is 11.7 Å². The van der Waals surface area contributed by atoms with Crippen LogP contribution in [-0.2, 0) is 6.18 Å². The van der Waals surface area contributed by atoms with Crippen LogP contribution in [0.15, 0.2) is 24.3 Å². The van der Waals surface area contributed by atoms with Crippen LogP contribution >= 0.6 is 0 Å². The Kier molecular flexibility index (Phi) is 4.34. The van der Waals surface area contributed by atoms with E-state index >= 15 is 0 Å². The number of benzene rings is 1. The maximum atomic E-state index is 12.9. The Morgan fingerprint density at radius 2 is 1.95 bits per heavy atom. The van der Waals surface area contributed by atoms with Gasteiger partial charge in [-0.05, 0) is 44.9 Å². The van der Waals surface area contributed by atoms with Crippen molar-refractivity contribution in [2.24, 2.45) is 0 Å². The molecule has 0 saturated heterocycles. The minimum Gasteiger partial charge on any atom is -0.490 e. The number of nitrogens with one attached hydrogen (secondary N) is 1. The molecule has 5 heteroatoms. The van der Waals surface area contributed by atoms with Gasteiger partial charge in [0, 0.05) is 6.04 Å². The zero-order valence-corrected chi connectivity index (χ0v) is 10.8. The molecule has 1 aliphatic rings. The Hall–Kier alpha value is -1.23. The second-order valence-corrected chi connectivity index (χ2v) is 4.89. The Morgan fingerprint density at radius 1 is 1.21 bits per heavy atom. The Balaban J connectivity index is 2.11. The number of hydrogen-bond donors (Lipinski definition) is 1. The molecule has 0 radical (unpaired) electrons. The van der Waals surface area contributed by atoms with E-state index in [0.29, 0.717) is 6.04 Å². The van der Waals surface area contributed by atoms with E-state index in [2.05, 4.69) is 5.32 Å². The highest BCUT2D eigenvalue weighted by atomic mass is 19.4. The van der Waals surface area contributed by atoms with E-state index in [0.717, 1.165) is 31.7 Å². The molecule has 0 bridgehead atoms. The molecule has 1 aromatic rings. The number of ether oxygens (including phenoxy) is 1. The quantitative estimate of drug-likeness (QED) is 0.908. The van der Waals surface area contributed by atoms with E-state index in [1.54, 1.807) is 6.07 Å². The molecule has 1 saturated carbocycles. The van der Waals surface area contributed by atoms with Gasteiger partial charge in [-0.15, -0.1) is 0 Å². The molecule has 1 aliphatic carbocycles. The average molecular weight is 273 g/mol. The van der Waals surface area contributed by atoms with Gasteiger partial charge in [0.15, 0.2) is 0 Å². The molecule has 19 heavy (non-hydrogen) atoms. The molecule has 2 rings (SSSR count). The lowest BCUT2D eigenvalue weighted by atomic mass is 9.93. The standard InChI is InChI=1S/C14H18F3NO/c1-18-10-5-4-6-11(9-10)19-13-8-3-2-7-12(13)14(15,16)17/h2-3,7-8,10-11,18H,4-6,9H2,1H3. The number of para-hydroxylation sites is 1. The minimum atomic E-state index is -4.37. The van der Waals surface area contributed by atoms with Gasteiger partial charge in [-0.1, -0.05) is 12.1 Å². The van der Waals surface area contributed by atoms with Crippen LogP contribution in [0.1, 0.15) is 31.2 Å². The molecule has 0 aromatic heterocycles. The van der Waals surface area contributed by atoms with Crippen LogP contribution in [0.4, 0.5) is 13.2 Å². The summed E-state index contributed by atoms with van der Waals surface area (Å²) in [4.78, 5) is 0. The van der Waals surface area contributed by atoms with Gasteiger partial charge in [-0.25, -0.2) is 0 Å². The highest BCUT2D eigenvalue weighted by molar-refractivity contribution is 5.35. The predicted molar refractivity (Wildman–Crippen MR) is 67.2 cm³/mol. The third-order valence-corrected chi connectivity index (χ3v) is 3.52. The fourth-order valence-electron chi connectivity index (χ4n) is 2.50. The third kappa shape index (κ3) is 3.62. The number of halogens is 3. The number of rotatable bonds is 3. The summed E-state index contributed by atoms with van der Waals surface area (Å²) >= 11 is 0. The molecular weight excluding hydrogens is 255 g/mol. The zero-order valence-electron chi connectivity index (χ0n) is 10.8. The Bertz CT molecular complexity index is 419. The Labute approximate surface area is 111 Å². The normalized spacial score (nSPS) is 24.2. The molecule has 0 heterocycles. The zero-order chi connectivity index (χ0) is 13.9. The van der Waals surface area contributed by atoms with Crippen molar-refractivity contribution in [3.63, 3.8) is 0 Å². The van der Waals surface area contributed by atoms with Gasteiger partial charge in [0.2, 0.25) is 0 Å². The van der Waals surface area contributed by atoms with Crippen molar-refractivity contribution < 1.29 is 17.9 Å². The summed E-state index contributed by atoms with van der Waals surface area (Å²) in [6.45, 7) is 0. The molecule has 1 N–H and O–H groups in total. The summed E-state index contributed by atoms with van der Waals surface area (Å²) in [7, 11) is 1.87. The molecule has 0 spiro atoms. The highest BCUT2D eigenvalue weighted by Crippen LogP contribution is 2.37. The summed E-state index contributed by atoms with van der Waals surface area (Å²) in [6, 6.07) is 5.74. The highest BCUT2D eigenvalue weighted by Gasteiger charge is 2.35. The van der Waals surface area contributed by atoms with Gasteiger partial charge in [0.05, 0.1) is 5.56 Å². The minimum absolute atomic E-state index is 0.0586. The van der Waals surface area contributed by atoms with Crippen LogP contribution in [-0.4, -0.2) is 19.2 Å². The van der Waals surface area contributed by atoms with Crippen molar-refractivity contribution in [3.05, 3.63) is 29.8 Å². The molecule has 0 aliphatic heterocycles. The van der Waals surface area contributed by atoms with Gasteiger partial charge >= 0.3 is 6.18 Å². The third-order valence-electron chi connectivity index (χ3n) is 3.52. The molecule has 2 unspecified atom stereocenters. The molecule has 1 aromatic carbocycles. The van der Waals surface area contributed by atoms with E-state index in [-0.39, 0.29) is 11.9 Å². The smallest absolute Gasteiger partial charge is 0.419 e. The monoisotopic (exact) mass is 273 g/mol. The summed E-state index contributed by atoms with van der Waals surface area (Å²) in [5, 5.41) is 3.16. The van der Waals surface area contributed by atoms with Gasteiger partial charge < -0.3 is 10.1 Å². The first-order valence-electron chi connectivity index (χ1n) is 6.51. The maximum Gasteiger partial charge on any atom is 0.419 e. The predicted octanol–water partition coefficient (Wildman–Crippen LogP) is 3.61. The molecule has 2 nitrogen and oxygen atoms in total. The maximum absolute atomic E-state index is 12.9. The average Bonchev–Trinajstić information content (AvgIpc) is 2.38. The van der Waals surface area contributed by atoms with E-state index in [1.165, 1.54) is 12.1 Å². The SMILES string of the molecule is CNC1CCCC(Oc2ccccc2C(F)(F)F)C1. The second kappa shape index (κ2) is 5.82. The lowest BCUT2D eigenvalue weighted by Crippen LogP contribution is -2.36. The van der Waals surface area contributed by atoms with Crippen molar-refractivity contribution in [3.8, 4) is 5.75 Å². The van der Waals surface area contributed by atoms with Crippen molar-refractivity contribution in [2.45, 2.75) is 44.0 Å². The molecule has 1 fully saturated rings. The van der Waals surface area contributed by atoms with Gasteiger partial charge in [0.25, 0.3) is 0 Å². The molecule has 106 valence electrons. The first-order chi connectivity index (χ1) is 9.00. The van der Waals surface area contributed by atoms with Gasteiger partial charge in [0.1, 0.15) is 11.9 Å². The molecule has 0 amide bonds. The molecular formula is C14H18F3NO. The fraction of sp³-hybridized carbons (Fsp3) is 0.571. The van der Waals surface area contributed by atoms with Crippen LogP contribution < -0.4 is 10.1 Å². The van der Waals surface area contributed by atoms with E-state index in [1.807, 2.05) is 7.05 Å². The van der Waals surface area contributed by atoms with Crippen LogP contribution in [0, 0.1) is 0 Å². The summed E-state index contributed by atoms with van der Waals surface area (Å²) in [5.41, 5.74) is -0.693. The van der Waals surface area contributed by atoms with Crippen molar-refractivity contribution in [2.75, 3.05) is 7.05 Å². The van der Waals surface area contributed by atoms with Crippen molar-refractivity contribution in [1.82, 2.24) is 5.32 Å². The first kappa shape index (κ1) is 14.2.